The topological polar surface area (TPSA) is 218 Å². The molecular weight excluding hydrogens is 724 g/mol. The monoisotopic (exact) mass is 766 g/mol. The highest BCUT2D eigenvalue weighted by molar-refractivity contribution is 7.95. The van der Waals surface area contributed by atoms with Crippen LogP contribution in [-0.4, -0.2) is 124 Å². The molecule has 16 heteroatoms. The molecule has 288 valence electrons. The quantitative estimate of drug-likeness (QED) is 0.152. The van der Waals surface area contributed by atoms with Gasteiger partial charge in [-0.25, -0.2) is 23.4 Å². The number of likely N-dealkylation sites (tertiary alicyclic amines) is 2. The molecule has 0 bridgehead atoms. The molecule has 2 fully saturated rings. The maximum atomic E-state index is 14.0. The highest BCUT2D eigenvalue weighted by atomic mass is 32.2. The average molecular weight is 767 g/mol. The number of ether oxygens (including phenoxy) is 3. The van der Waals surface area contributed by atoms with Gasteiger partial charge in [-0.3, -0.25) is 14.6 Å². The molecule has 0 spiro atoms. The lowest BCUT2D eigenvalue weighted by Crippen LogP contribution is -2.25. The number of methoxy groups -OCH3 is 1. The van der Waals surface area contributed by atoms with Crippen molar-refractivity contribution < 1.29 is 62.8 Å². The Balaban J connectivity index is 0.000000470. The zero-order valence-corrected chi connectivity index (χ0v) is 30.4. The molecule has 6 rings (SSSR count). The molecule has 3 heterocycles. The van der Waals surface area contributed by atoms with Gasteiger partial charge in [0.1, 0.15) is 30.5 Å². The van der Waals surface area contributed by atoms with Crippen LogP contribution in [0.1, 0.15) is 47.2 Å². The largest absolute Gasteiger partial charge is 0.497 e. The number of nitrogens with zero attached hydrogens (tertiary/aromatic N) is 2. The minimum absolute atomic E-state index is 0.170. The van der Waals surface area contributed by atoms with Gasteiger partial charge in [0.15, 0.2) is 5.78 Å². The molecule has 1 atom stereocenters. The number of ketones is 1. The van der Waals surface area contributed by atoms with Crippen LogP contribution in [0.3, 0.4) is 0 Å². The van der Waals surface area contributed by atoms with Crippen molar-refractivity contribution in [2.24, 2.45) is 0 Å². The molecule has 3 aromatic carbocycles. The number of carbonyl (C=O) groups excluding carboxylic acids is 1. The van der Waals surface area contributed by atoms with Crippen molar-refractivity contribution in [3.05, 3.63) is 83.4 Å². The SMILES string of the molecule is COc1ccc2c(c1)S(=O)C(c1ccc(OCCN3CCCC3)cc1)=C2C(=O)c1ccc(OCCN2CCCC2)cc1.O=C(O)C(=O)O.O=C(O)C(=O)O. The summed E-state index contributed by atoms with van der Waals surface area (Å²) in [5.41, 5.74) is 2.39. The van der Waals surface area contributed by atoms with Crippen LogP contribution < -0.4 is 14.2 Å². The smallest absolute Gasteiger partial charge is 0.414 e. The van der Waals surface area contributed by atoms with Gasteiger partial charge in [-0.2, -0.15) is 0 Å². The highest BCUT2D eigenvalue weighted by Gasteiger charge is 2.34. The van der Waals surface area contributed by atoms with Gasteiger partial charge >= 0.3 is 23.9 Å². The van der Waals surface area contributed by atoms with Crippen molar-refractivity contribution in [3.8, 4) is 17.2 Å². The van der Waals surface area contributed by atoms with E-state index in [0.29, 0.717) is 45.5 Å². The number of fused-ring (bicyclic) bond motifs is 1. The van der Waals surface area contributed by atoms with Gasteiger partial charge in [0.25, 0.3) is 0 Å². The first-order chi connectivity index (χ1) is 25.9. The Morgan fingerprint density at radius 1 is 0.630 bits per heavy atom. The van der Waals surface area contributed by atoms with Crippen molar-refractivity contribution in [3.63, 3.8) is 0 Å². The second-order valence-electron chi connectivity index (χ2n) is 12.2. The third kappa shape index (κ3) is 11.5. The molecular formula is C38H42N2O13S. The molecule has 54 heavy (non-hydrogen) atoms. The number of benzene rings is 3. The first kappa shape index (κ1) is 41.2. The number of carboxylic acid groups (broad SMARTS) is 4. The molecule has 2 saturated heterocycles. The summed E-state index contributed by atoms with van der Waals surface area (Å²) in [5, 5.41) is 29.6. The molecule has 15 nitrogen and oxygen atoms in total. The normalized spacial score (nSPS) is 16.3. The van der Waals surface area contributed by atoms with Crippen LogP contribution in [0.15, 0.2) is 71.6 Å². The Morgan fingerprint density at radius 3 is 1.48 bits per heavy atom. The van der Waals surface area contributed by atoms with Gasteiger partial charge in [0, 0.05) is 29.8 Å². The first-order valence-electron chi connectivity index (χ1n) is 17.1. The standard InChI is InChI=1S/C34H38N2O5S.2C2H2O4/c1-39-29-14-15-30-31(24-29)42(38)34(26-8-12-28(13-9-26)41-23-21-36-18-4-5-19-36)32(30)33(37)25-6-10-27(11-7-25)40-22-20-35-16-2-3-17-35;2*3-1(4)2(5)6/h6-15,24H,2-5,16-23H2,1H3;2*(H,3,4)(H,5,6). The van der Waals surface area contributed by atoms with Gasteiger partial charge < -0.3 is 34.6 Å². The Labute approximate surface area is 313 Å². The van der Waals surface area contributed by atoms with Gasteiger partial charge in [-0.05, 0) is 112 Å². The number of hydrogen-bond acceptors (Lipinski definition) is 11. The molecule has 0 amide bonds. The molecule has 1 unspecified atom stereocenters. The lowest BCUT2D eigenvalue weighted by atomic mass is 9.94. The zero-order chi connectivity index (χ0) is 39.2. The van der Waals surface area contributed by atoms with E-state index in [4.69, 9.17) is 53.8 Å². The molecule has 4 N–H and O–H groups in total. The second kappa shape index (κ2) is 20.0. The van der Waals surface area contributed by atoms with E-state index in [1.165, 1.54) is 25.7 Å². The van der Waals surface area contributed by atoms with Crippen LogP contribution in [0.25, 0.3) is 10.5 Å². The summed E-state index contributed by atoms with van der Waals surface area (Å²) in [4.78, 5) is 56.3. The van der Waals surface area contributed by atoms with Crippen LogP contribution in [0.4, 0.5) is 0 Å². The fourth-order valence-corrected chi connectivity index (χ4v) is 7.49. The van der Waals surface area contributed by atoms with E-state index >= 15 is 0 Å². The van der Waals surface area contributed by atoms with Crippen molar-refractivity contribution >= 4 is 50.9 Å². The molecule has 3 aliphatic heterocycles. The fourth-order valence-electron chi connectivity index (χ4n) is 5.94. The fraction of sp³-hybridized carbons (Fsp3) is 0.342. The number of aliphatic carboxylic acids is 4. The lowest BCUT2D eigenvalue weighted by Gasteiger charge is -2.15. The van der Waals surface area contributed by atoms with Gasteiger partial charge in [0.05, 0.1) is 27.7 Å². The number of Topliss-reactive ketones (excluding diaryl/α,β-unsaturated/α-hetero) is 1. The number of allylic oxidation sites excluding steroid dienone is 1. The van der Waals surface area contributed by atoms with Crippen LogP contribution in [0, 0.1) is 0 Å². The summed E-state index contributed by atoms with van der Waals surface area (Å²) in [6, 6.07) is 20.2. The van der Waals surface area contributed by atoms with Crippen molar-refractivity contribution in [2.75, 3.05) is 59.6 Å². The maximum absolute atomic E-state index is 14.0. The summed E-state index contributed by atoms with van der Waals surface area (Å²) in [7, 11) is 0.0358. The first-order valence-corrected chi connectivity index (χ1v) is 18.3. The minimum Gasteiger partial charge on any atom is -0.497 e. The van der Waals surface area contributed by atoms with Gasteiger partial charge in [-0.1, -0.05) is 12.1 Å². The molecule has 0 saturated carbocycles. The summed E-state index contributed by atoms with van der Waals surface area (Å²) in [6.07, 6.45) is 5.03. The second-order valence-corrected chi connectivity index (χ2v) is 13.6. The Bertz CT molecular complexity index is 1820. The van der Waals surface area contributed by atoms with E-state index in [0.717, 1.165) is 56.3 Å². The van der Waals surface area contributed by atoms with Crippen LogP contribution >= 0.6 is 0 Å². The van der Waals surface area contributed by atoms with E-state index in [2.05, 4.69) is 9.80 Å². The number of carbonyl (C=O) groups is 5. The summed E-state index contributed by atoms with van der Waals surface area (Å²) < 4.78 is 31.2. The maximum Gasteiger partial charge on any atom is 0.414 e. The van der Waals surface area contributed by atoms with Crippen molar-refractivity contribution in [2.45, 2.75) is 30.6 Å². The highest BCUT2D eigenvalue weighted by Crippen LogP contribution is 2.45. The van der Waals surface area contributed by atoms with Crippen LogP contribution in [0.2, 0.25) is 0 Å². The van der Waals surface area contributed by atoms with E-state index < -0.39 is 34.7 Å². The van der Waals surface area contributed by atoms with Crippen LogP contribution in [-0.2, 0) is 30.0 Å². The Hall–Kier alpha value is -5.58. The molecule has 3 aromatic rings. The Kier molecular flexibility index (Phi) is 15.3. The number of rotatable bonds is 12. The number of carboxylic acids is 4. The molecule has 0 aromatic heterocycles. The van der Waals surface area contributed by atoms with E-state index in [1.54, 1.807) is 31.4 Å². The third-order valence-corrected chi connectivity index (χ3v) is 10.2. The van der Waals surface area contributed by atoms with Crippen molar-refractivity contribution in [1.82, 2.24) is 9.80 Å². The predicted octanol–water partition coefficient (Wildman–Crippen LogP) is 3.83. The molecule has 3 aliphatic rings. The van der Waals surface area contributed by atoms with Gasteiger partial charge in [0.2, 0.25) is 0 Å². The summed E-state index contributed by atoms with van der Waals surface area (Å²) in [6.45, 7) is 7.61. The van der Waals surface area contributed by atoms with Gasteiger partial charge in [-0.15, -0.1) is 0 Å². The van der Waals surface area contributed by atoms with Crippen LogP contribution in [0.5, 0.6) is 17.2 Å². The van der Waals surface area contributed by atoms with E-state index in [1.807, 2.05) is 42.5 Å². The predicted molar refractivity (Wildman–Crippen MR) is 196 cm³/mol. The number of hydrogen-bond donors (Lipinski definition) is 4. The molecule has 0 radical (unpaired) electrons. The molecule has 0 aliphatic carbocycles. The average Bonchev–Trinajstić information content (AvgIpc) is 3.94. The summed E-state index contributed by atoms with van der Waals surface area (Å²) in [5.74, 6) is -5.37. The summed E-state index contributed by atoms with van der Waals surface area (Å²) >= 11 is 0. The third-order valence-electron chi connectivity index (χ3n) is 8.65. The Morgan fingerprint density at radius 2 is 1.06 bits per heavy atom. The van der Waals surface area contributed by atoms with E-state index in [9.17, 15) is 9.00 Å². The van der Waals surface area contributed by atoms with E-state index in [-0.39, 0.29) is 5.78 Å². The van der Waals surface area contributed by atoms with Crippen molar-refractivity contribution in [1.29, 1.82) is 0 Å². The zero-order valence-electron chi connectivity index (χ0n) is 29.6. The lowest BCUT2D eigenvalue weighted by molar-refractivity contribution is -0.159. The minimum atomic E-state index is -1.82.